The quantitative estimate of drug-likeness (QED) is 0.114. The van der Waals surface area contributed by atoms with E-state index in [0.717, 1.165) is 4.90 Å². The normalized spacial score (nSPS) is 11.0. The number of anilines is 2. The molecule has 11 heteroatoms. The molecule has 0 saturated heterocycles. The fraction of sp³-hybridized carbons (Fsp3) is 0.0323. The summed E-state index contributed by atoms with van der Waals surface area (Å²) >= 11 is 13.6. The fourth-order valence-corrected chi connectivity index (χ4v) is 4.67. The molecule has 0 heterocycles. The summed E-state index contributed by atoms with van der Waals surface area (Å²) in [6, 6.07) is 26.3. The molecule has 0 aliphatic rings. The fourth-order valence-electron chi connectivity index (χ4n) is 3.61. The predicted molar refractivity (Wildman–Crippen MR) is 166 cm³/mol. The van der Waals surface area contributed by atoms with Crippen LogP contribution >= 0.6 is 35.0 Å². The molecule has 42 heavy (non-hydrogen) atoms. The van der Waals surface area contributed by atoms with Crippen LogP contribution in [0.2, 0.25) is 10.0 Å². The minimum atomic E-state index is -1.13. The van der Waals surface area contributed by atoms with Gasteiger partial charge in [0.15, 0.2) is 0 Å². The number of nitrogens with one attached hydrogen (secondary N) is 3. The van der Waals surface area contributed by atoms with E-state index in [9.17, 15) is 19.2 Å². The number of carboxylic acid groups (broad SMARTS) is 1. The van der Waals surface area contributed by atoms with Crippen molar-refractivity contribution in [2.75, 3.05) is 16.4 Å². The Labute approximate surface area is 255 Å². The number of carboxylic acids is 1. The molecule has 0 bridgehead atoms. The summed E-state index contributed by atoms with van der Waals surface area (Å²) in [5.41, 5.74) is 1.61. The zero-order valence-corrected chi connectivity index (χ0v) is 24.1. The van der Waals surface area contributed by atoms with Gasteiger partial charge in [0.2, 0.25) is 5.91 Å². The molecule has 4 N–H and O–H groups in total. The van der Waals surface area contributed by atoms with Crippen molar-refractivity contribution in [3.05, 3.63) is 129 Å². The average molecular weight is 621 g/mol. The maximum Gasteiger partial charge on any atom is 0.335 e. The first-order valence-electron chi connectivity index (χ1n) is 12.4. The minimum absolute atomic E-state index is 0.00213. The zero-order chi connectivity index (χ0) is 30.1. The second-order valence-electron chi connectivity index (χ2n) is 8.71. The van der Waals surface area contributed by atoms with Gasteiger partial charge in [-0.1, -0.05) is 59.6 Å². The van der Waals surface area contributed by atoms with Gasteiger partial charge >= 0.3 is 5.97 Å². The third kappa shape index (κ3) is 8.47. The Morgan fingerprint density at radius 1 is 0.762 bits per heavy atom. The van der Waals surface area contributed by atoms with Gasteiger partial charge in [0.05, 0.1) is 22.0 Å². The summed E-state index contributed by atoms with van der Waals surface area (Å²) in [5.74, 6) is -2.47. The van der Waals surface area contributed by atoms with E-state index in [4.69, 9.17) is 28.3 Å². The largest absolute Gasteiger partial charge is 0.478 e. The van der Waals surface area contributed by atoms with Crippen LogP contribution in [0.15, 0.2) is 108 Å². The third-order valence-corrected chi connectivity index (χ3v) is 7.39. The highest BCUT2D eigenvalue weighted by Crippen LogP contribution is 2.25. The highest BCUT2D eigenvalue weighted by molar-refractivity contribution is 8.00. The maximum absolute atomic E-state index is 13.2. The molecule has 0 unspecified atom stereocenters. The molecular weight excluding hydrogens is 597 g/mol. The van der Waals surface area contributed by atoms with Gasteiger partial charge in [0.1, 0.15) is 5.70 Å². The Balaban J connectivity index is 1.40. The van der Waals surface area contributed by atoms with Crippen LogP contribution in [0.5, 0.6) is 0 Å². The van der Waals surface area contributed by atoms with Gasteiger partial charge in [0.25, 0.3) is 11.8 Å². The monoisotopic (exact) mass is 619 g/mol. The second-order valence-corrected chi connectivity index (χ2v) is 10.6. The van der Waals surface area contributed by atoms with Crippen molar-refractivity contribution in [3.63, 3.8) is 0 Å². The van der Waals surface area contributed by atoms with Gasteiger partial charge in [-0.2, -0.15) is 0 Å². The molecule has 4 aromatic rings. The van der Waals surface area contributed by atoms with E-state index >= 15 is 0 Å². The summed E-state index contributed by atoms with van der Waals surface area (Å²) in [5, 5.41) is 17.8. The molecule has 0 spiro atoms. The highest BCUT2D eigenvalue weighted by Gasteiger charge is 2.16. The molecule has 0 aliphatic heterocycles. The van der Waals surface area contributed by atoms with Crippen molar-refractivity contribution < 1.29 is 24.3 Å². The van der Waals surface area contributed by atoms with E-state index in [2.05, 4.69) is 16.0 Å². The topological polar surface area (TPSA) is 125 Å². The Morgan fingerprint density at radius 2 is 1.45 bits per heavy atom. The second kappa shape index (κ2) is 14.4. The van der Waals surface area contributed by atoms with Crippen molar-refractivity contribution in [3.8, 4) is 0 Å². The van der Waals surface area contributed by atoms with Crippen LogP contribution < -0.4 is 16.0 Å². The number of carbonyl (C=O) groups is 4. The van der Waals surface area contributed by atoms with Crippen LogP contribution in [0.3, 0.4) is 0 Å². The molecule has 0 aliphatic carbocycles. The number of benzene rings is 4. The smallest absolute Gasteiger partial charge is 0.335 e. The molecule has 0 saturated carbocycles. The van der Waals surface area contributed by atoms with Gasteiger partial charge < -0.3 is 21.1 Å². The highest BCUT2D eigenvalue weighted by atomic mass is 35.5. The Bertz CT molecular complexity index is 1660. The number of amides is 3. The van der Waals surface area contributed by atoms with Gasteiger partial charge in [-0.3, -0.25) is 14.4 Å². The van der Waals surface area contributed by atoms with Gasteiger partial charge in [-0.05, 0) is 72.3 Å². The van der Waals surface area contributed by atoms with Gasteiger partial charge in [-0.15, -0.1) is 11.8 Å². The van der Waals surface area contributed by atoms with Crippen LogP contribution in [-0.2, 0) is 9.59 Å². The Hall–Kier alpha value is -4.57. The van der Waals surface area contributed by atoms with Gasteiger partial charge in [0, 0.05) is 21.2 Å². The maximum atomic E-state index is 13.2. The number of thioether (sulfide) groups is 1. The predicted octanol–water partition coefficient (Wildman–Crippen LogP) is 6.83. The summed E-state index contributed by atoms with van der Waals surface area (Å²) in [6.07, 6.45) is 1.50. The molecule has 3 amide bonds. The van der Waals surface area contributed by atoms with E-state index in [1.54, 1.807) is 78.9 Å². The lowest BCUT2D eigenvalue weighted by Crippen LogP contribution is -2.30. The van der Waals surface area contributed by atoms with Crippen LogP contribution in [-0.4, -0.2) is 34.6 Å². The van der Waals surface area contributed by atoms with Crippen molar-refractivity contribution in [2.45, 2.75) is 4.90 Å². The molecule has 0 atom stereocenters. The Morgan fingerprint density at radius 3 is 2.14 bits per heavy atom. The molecule has 4 aromatic carbocycles. The first-order valence-corrected chi connectivity index (χ1v) is 14.1. The van der Waals surface area contributed by atoms with Gasteiger partial charge in [-0.25, -0.2) is 4.79 Å². The van der Waals surface area contributed by atoms with E-state index < -0.39 is 17.8 Å². The number of hydrogen-bond donors (Lipinski definition) is 4. The molecule has 0 aromatic heterocycles. The zero-order valence-electron chi connectivity index (χ0n) is 21.8. The molecule has 8 nitrogen and oxygen atoms in total. The summed E-state index contributed by atoms with van der Waals surface area (Å²) in [4.78, 5) is 50.4. The van der Waals surface area contributed by atoms with Crippen LogP contribution in [0.25, 0.3) is 6.08 Å². The molecule has 0 fully saturated rings. The third-order valence-electron chi connectivity index (χ3n) is 5.70. The lowest BCUT2D eigenvalue weighted by Gasteiger charge is -2.12. The van der Waals surface area contributed by atoms with Crippen molar-refractivity contribution in [1.29, 1.82) is 0 Å². The van der Waals surface area contributed by atoms with Crippen molar-refractivity contribution >= 4 is 76.1 Å². The molecule has 4 rings (SSSR count). The number of halogens is 2. The van der Waals surface area contributed by atoms with Crippen LogP contribution in [0, 0.1) is 0 Å². The summed E-state index contributed by atoms with van der Waals surface area (Å²) in [6.45, 7) is 0. The van der Waals surface area contributed by atoms with E-state index in [1.807, 2.05) is 0 Å². The van der Waals surface area contributed by atoms with Crippen LogP contribution in [0.4, 0.5) is 11.4 Å². The lowest BCUT2D eigenvalue weighted by atomic mass is 10.1. The molecule has 212 valence electrons. The summed E-state index contributed by atoms with van der Waals surface area (Å²) in [7, 11) is 0. The van der Waals surface area contributed by atoms with Crippen molar-refractivity contribution in [1.82, 2.24) is 5.32 Å². The molecular formula is C31H23Cl2N3O5S. The number of hydrogen-bond acceptors (Lipinski definition) is 5. The standard InChI is InChI=1S/C31H23Cl2N3O5S/c32-24-9-5-4-8-20(24)16-27(36-29(38)19-6-2-1-3-7-19)30(39)34-22-11-13-23(14-12-22)42-18-28(37)35-26-17-21(31(40)41)10-15-25(26)33/h1-17H,18H2,(H,34,39)(H,35,37)(H,36,38)(H,40,41)/b27-16-. The van der Waals surface area contributed by atoms with Crippen molar-refractivity contribution in [2.24, 2.45) is 0 Å². The van der Waals surface area contributed by atoms with E-state index in [0.29, 0.717) is 21.8 Å². The van der Waals surface area contributed by atoms with E-state index in [1.165, 1.54) is 36.0 Å². The first kappa shape index (κ1) is 30.4. The van der Waals surface area contributed by atoms with Crippen LogP contribution in [0.1, 0.15) is 26.3 Å². The number of aromatic carboxylic acids is 1. The number of rotatable bonds is 10. The number of carbonyl (C=O) groups excluding carboxylic acids is 3. The minimum Gasteiger partial charge on any atom is -0.478 e. The average Bonchev–Trinajstić information content (AvgIpc) is 2.99. The lowest BCUT2D eigenvalue weighted by molar-refractivity contribution is -0.114. The molecule has 0 radical (unpaired) electrons. The summed E-state index contributed by atoms with van der Waals surface area (Å²) < 4.78 is 0. The SMILES string of the molecule is O=C(CSc1ccc(NC(=O)/C(=C/c2ccccc2Cl)NC(=O)c2ccccc2)cc1)Nc1cc(C(=O)O)ccc1Cl. The van der Waals surface area contributed by atoms with E-state index in [-0.39, 0.29) is 33.6 Å². The Kier molecular flexibility index (Phi) is 10.4. The first-order chi connectivity index (χ1) is 20.2.